The van der Waals surface area contributed by atoms with Gasteiger partial charge in [0.1, 0.15) is 0 Å². The molecule has 2 heteroatoms. The van der Waals surface area contributed by atoms with E-state index in [9.17, 15) is 0 Å². The summed E-state index contributed by atoms with van der Waals surface area (Å²) < 4.78 is 3.41. The summed E-state index contributed by atoms with van der Waals surface area (Å²) in [5, 5.41) is 1.28. The van der Waals surface area contributed by atoms with Crippen LogP contribution in [-0.2, 0) is 6.54 Å². The van der Waals surface area contributed by atoms with Gasteiger partial charge < -0.3 is 4.57 Å². The molecule has 78 valence electrons. The molecule has 1 heterocycles. The smallest absolute Gasteiger partial charge is 0.0481 e. The van der Waals surface area contributed by atoms with Crippen LogP contribution in [0.3, 0.4) is 0 Å². The van der Waals surface area contributed by atoms with E-state index in [1.165, 1.54) is 16.5 Å². The molecule has 1 aromatic heterocycles. The van der Waals surface area contributed by atoms with Crippen molar-refractivity contribution in [3.8, 4) is 0 Å². The molecule has 0 amide bonds. The first-order valence-corrected chi connectivity index (χ1v) is 5.85. The van der Waals surface area contributed by atoms with E-state index >= 15 is 0 Å². The Balaban J connectivity index is 2.32. The lowest BCUT2D eigenvalue weighted by atomic mass is 10.2. The van der Waals surface area contributed by atoms with Crippen molar-refractivity contribution in [1.82, 2.24) is 4.57 Å². The third kappa shape index (κ3) is 2.32. The van der Waals surface area contributed by atoms with Crippen LogP contribution < -0.4 is 0 Å². The Labute approximate surface area is 98.5 Å². The number of aromatic nitrogens is 1. The van der Waals surface area contributed by atoms with Crippen molar-refractivity contribution >= 4 is 26.8 Å². The van der Waals surface area contributed by atoms with Gasteiger partial charge in [-0.15, -0.1) is 6.58 Å². The number of aryl methyl sites for hydroxylation is 1. The second-order valence-electron chi connectivity index (χ2n) is 3.92. The van der Waals surface area contributed by atoms with Gasteiger partial charge in [-0.3, -0.25) is 0 Å². The number of hydrogen-bond acceptors (Lipinski definition) is 0. The molecular weight excluding hydrogens is 250 g/mol. The molecule has 0 radical (unpaired) electrons. The highest BCUT2D eigenvalue weighted by Gasteiger charge is 2.00. The first kappa shape index (κ1) is 10.5. The zero-order valence-electron chi connectivity index (χ0n) is 8.83. The highest BCUT2D eigenvalue weighted by molar-refractivity contribution is 9.10. The monoisotopic (exact) mass is 263 g/mol. The minimum Gasteiger partial charge on any atom is -0.347 e. The second kappa shape index (κ2) is 4.23. The molecular formula is C13H14BrN. The molecule has 15 heavy (non-hydrogen) atoms. The van der Waals surface area contributed by atoms with Gasteiger partial charge in [0, 0.05) is 28.1 Å². The molecule has 0 atom stereocenters. The third-order valence-corrected chi connectivity index (χ3v) is 3.01. The summed E-state index contributed by atoms with van der Waals surface area (Å²) in [6.45, 7) is 7.01. The van der Waals surface area contributed by atoms with E-state index in [0.29, 0.717) is 0 Å². The summed E-state index contributed by atoms with van der Waals surface area (Å²) in [5.41, 5.74) is 2.52. The number of hydrogen-bond donors (Lipinski definition) is 0. The fourth-order valence-electron chi connectivity index (χ4n) is 1.68. The number of rotatable bonds is 3. The van der Waals surface area contributed by atoms with E-state index in [1.807, 2.05) is 0 Å². The number of benzene rings is 1. The SMILES string of the molecule is C=C(C)CCn1ccc2cc(Br)ccc21. The van der Waals surface area contributed by atoms with E-state index in [1.54, 1.807) is 0 Å². The Hall–Kier alpha value is -1.02. The summed E-state index contributed by atoms with van der Waals surface area (Å²) in [5.74, 6) is 0. The minimum absolute atomic E-state index is 1.01. The number of fused-ring (bicyclic) bond motifs is 1. The average Bonchev–Trinajstić information content (AvgIpc) is 2.57. The summed E-state index contributed by atoms with van der Waals surface area (Å²) in [6.07, 6.45) is 3.18. The zero-order valence-corrected chi connectivity index (χ0v) is 10.4. The van der Waals surface area contributed by atoms with Gasteiger partial charge in [0.25, 0.3) is 0 Å². The van der Waals surface area contributed by atoms with Gasteiger partial charge in [-0.1, -0.05) is 21.5 Å². The van der Waals surface area contributed by atoms with Crippen LogP contribution in [0.5, 0.6) is 0 Å². The minimum atomic E-state index is 1.01. The van der Waals surface area contributed by atoms with Crippen LogP contribution in [0.25, 0.3) is 10.9 Å². The first-order valence-electron chi connectivity index (χ1n) is 5.05. The molecule has 0 aliphatic rings. The molecule has 0 aliphatic carbocycles. The summed E-state index contributed by atoms with van der Waals surface area (Å²) >= 11 is 3.48. The lowest BCUT2D eigenvalue weighted by Gasteiger charge is -2.04. The summed E-state index contributed by atoms with van der Waals surface area (Å²) in [4.78, 5) is 0. The molecule has 0 unspecified atom stereocenters. The maximum atomic E-state index is 3.93. The van der Waals surface area contributed by atoms with Gasteiger partial charge in [-0.05, 0) is 37.6 Å². The summed E-state index contributed by atoms with van der Waals surface area (Å²) in [7, 11) is 0. The predicted molar refractivity (Wildman–Crippen MR) is 69.1 cm³/mol. The molecule has 1 nitrogen and oxygen atoms in total. The molecule has 0 saturated heterocycles. The largest absolute Gasteiger partial charge is 0.347 e. The first-order chi connectivity index (χ1) is 7.16. The Bertz CT molecular complexity index is 496. The van der Waals surface area contributed by atoms with Crippen molar-refractivity contribution in [3.05, 3.63) is 47.1 Å². The van der Waals surface area contributed by atoms with Crippen molar-refractivity contribution in [2.45, 2.75) is 19.9 Å². The average molecular weight is 264 g/mol. The van der Waals surface area contributed by atoms with Crippen molar-refractivity contribution in [2.75, 3.05) is 0 Å². The Morgan fingerprint density at radius 1 is 1.40 bits per heavy atom. The van der Waals surface area contributed by atoms with Crippen LogP contribution >= 0.6 is 15.9 Å². The third-order valence-electron chi connectivity index (χ3n) is 2.51. The molecule has 2 rings (SSSR count). The predicted octanol–water partition coefficient (Wildman–Crippen LogP) is 4.37. The van der Waals surface area contributed by atoms with Gasteiger partial charge in [0.2, 0.25) is 0 Å². The second-order valence-corrected chi connectivity index (χ2v) is 4.84. The lowest BCUT2D eigenvalue weighted by molar-refractivity contribution is 0.719. The summed E-state index contributed by atoms with van der Waals surface area (Å²) in [6, 6.07) is 8.53. The maximum absolute atomic E-state index is 3.93. The van der Waals surface area contributed by atoms with Crippen molar-refractivity contribution in [3.63, 3.8) is 0 Å². The Kier molecular flexibility index (Phi) is 2.96. The Morgan fingerprint density at radius 3 is 2.93 bits per heavy atom. The molecule has 1 aromatic carbocycles. The molecule has 0 saturated carbocycles. The topological polar surface area (TPSA) is 4.93 Å². The van der Waals surface area contributed by atoms with Gasteiger partial charge in [-0.2, -0.15) is 0 Å². The molecule has 0 spiro atoms. The fourth-order valence-corrected chi connectivity index (χ4v) is 2.06. The van der Waals surface area contributed by atoms with E-state index in [4.69, 9.17) is 0 Å². The quantitative estimate of drug-likeness (QED) is 0.725. The van der Waals surface area contributed by atoms with E-state index < -0.39 is 0 Å². The van der Waals surface area contributed by atoms with E-state index in [-0.39, 0.29) is 0 Å². The van der Waals surface area contributed by atoms with Gasteiger partial charge in [-0.25, -0.2) is 0 Å². The molecule has 0 aliphatic heterocycles. The molecule has 0 fully saturated rings. The van der Waals surface area contributed by atoms with Gasteiger partial charge in [0.15, 0.2) is 0 Å². The van der Waals surface area contributed by atoms with E-state index in [0.717, 1.165) is 17.4 Å². The van der Waals surface area contributed by atoms with Gasteiger partial charge in [0.05, 0.1) is 0 Å². The number of nitrogens with zero attached hydrogens (tertiary/aromatic N) is 1. The van der Waals surface area contributed by atoms with Crippen LogP contribution in [-0.4, -0.2) is 4.57 Å². The number of allylic oxidation sites excluding steroid dienone is 1. The fraction of sp³-hybridized carbons (Fsp3) is 0.231. The van der Waals surface area contributed by atoms with Crippen molar-refractivity contribution in [2.24, 2.45) is 0 Å². The van der Waals surface area contributed by atoms with Crippen molar-refractivity contribution < 1.29 is 0 Å². The zero-order chi connectivity index (χ0) is 10.8. The highest BCUT2D eigenvalue weighted by Crippen LogP contribution is 2.21. The Morgan fingerprint density at radius 2 is 2.20 bits per heavy atom. The standard InChI is InChI=1S/C13H14BrN/c1-10(2)5-7-15-8-6-11-9-12(14)3-4-13(11)15/h3-4,6,8-9H,1,5,7H2,2H3. The normalized spacial score (nSPS) is 10.8. The molecule has 0 N–H and O–H groups in total. The van der Waals surface area contributed by atoms with Crippen LogP contribution in [0.4, 0.5) is 0 Å². The van der Waals surface area contributed by atoms with Gasteiger partial charge >= 0.3 is 0 Å². The number of halogens is 1. The maximum Gasteiger partial charge on any atom is 0.0481 e. The molecule has 0 bridgehead atoms. The van der Waals surface area contributed by atoms with Crippen LogP contribution in [0.2, 0.25) is 0 Å². The van der Waals surface area contributed by atoms with Crippen molar-refractivity contribution in [1.29, 1.82) is 0 Å². The lowest BCUT2D eigenvalue weighted by Crippen LogP contribution is -1.95. The highest BCUT2D eigenvalue weighted by atomic mass is 79.9. The van der Waals surface area contributed by atoms with E-state index in [2.05, 4.69) is 64.5 Å². The van der Waals surface area contributed by atoms with Crippen LogP contribution in [0.1, 0.15) is 13.3 Å². The molecule has 2 aromatic rings. The van der Waals surface area contributed by atoms with Crippen LogP contribution in [0, 0.1) is 0 Å². The van der Waals surface area contributed by atoms with Crippen LogP contribution in [0.15, 0.2) is 47.1 Å².